The number of carbonyl (C=O) groups is 2. The maximum Gasteiger partial charge on any atom is 0.302 e. The van der Waals surface area contributed by atoms with E-state index in [1.807, 2.05) is 30.3 Å². The molecule has 1 atom stereocenters. The maximum atomic E-state index is 13.2. The largest absolute Gasteiger partial charge is 0.463 e. The zero-order valence-corrected chi connectivity index (χ0v) is 16.4. The highest BCUT2D eigenvalue weighted by Gasteiger charge is 2.44. The van der Waals surface area contributed by atoms with E-state index in [4.69, 9.17) is 32.9 Å². The van der Waals surface area contributed by atoms with Crippen molar-refractivity contribution in [3.05, 3.63) is 64.7 Å². The van der Waals surface area contributed by atoms with E-state index in [-0.39, 0.29) is 18.4 Å². The number of halogens is 2. The summed E-state index contributed by atoms with van der Waals surface area (Å²) in [4.78, 5) is 30.8. The van der Waals surface area contributed by atoms with E-state index in [9.17, 15) is 9.59 Å². The van der Waals surface area contributed by atoms with E-state index in [0.29, 0.717) is 22.0 Å². The molecular weight excluding hydrogens is 387 g/mol. The van der Waals surface area contributed by atoms with Gasteiger partial charge in [0.05, 0.1) is 17.3 Å². The summed E-state index contributed by atoms with van der Waals surface area (Å²) in [5, 5.41) is 0.525. The number of likely N-dealkylation sites (N-methyl/N-ethyl adjacent to an activating group) is 1. The number of benzene rings is 2. The first-order chi connectivity index (χ1) is 12.9. The third-order valence-corrected chi connectivity index (χ3v) is 5.06. The third-order valence-electron chi connectivity index (χ3n) is 4.39. The zero-order chi connectivity index (χ0) is 19.6. The average Bonchev–Trinajstić information content (AvgIpc) is 2.76. The molecule has 0 saturated heterocycles. The smallest absolute Gasteiger partial charge is 0.302 e. The molecule has 5 nitrogen and oxygen atoms in total. The Labute approximate surface area is 167 Å². The van der Waals surface area contributed by atoms with E-state index in [1.165, 1.54) is 11.8 Å². The van der Waals surface area contributed by atoms with Crippen molar-refractivity contribution in [2.24, 2.45) is 4.99 Å². The number of fused-ring (bicyclic) bond motifs is 1. The molecule has 140 valence electrons. The number of alkyl halides is 1. The Morgan fingerprint density at radius 2 is 1.93 bits per heavy atom. The van der Waals surface area contributed by atoms with Gasteiger partial charge in [-0.15, -0.1) is 11.6 Å². The molecular formula is C20H18Cl2N2O3. The van der Waals surface area contributed by atoms with E-state index in [1.54, 1.807) is 25.2 Å². The highest BCUT2D eigenvalue weighted by molar-refractivity contribution is 6.32. The summed E-state index contributed by atoms with van der Waals surface area (Å²) in [6.45, 7) is 1.04. The Hall–Kier alpha value is -2.37. The molecule has 0 unspecified atom stereocenters. The molecule has 0 fully saturated rings. The number of benzodiazepines with no additional fused rings is 1. The van der Waals surface area contributed by atoms with Crippen molar-refractivity contribution in [3.63, 3.8) is 0 Å². The predicted molar refractivity (Wildman–Crippen MR) is 107 cm³/mol. The van der Waals surface area contributed by atoms with Gasteiger partial charge in [-0.1, -0.05) is 41.9 Å². The van der Waals surface area contributed by atoms with Gasteiger partial charge in [0, 0.05) is 30.1 Å². The van der Waals surface area contributed by atoms with Crippen molar-refractivity contribution in [1.29, 1.82) is 0 Å². The molecule has 0 N–H and O–H groups in total. The number of hydrogen-bond acceptors (Lipinski definition) is 4. The summed E-state index contributed by atoms with van der Waals surface area (Å²) >= 11 is 12.4. The van der Waals surface area contributed by atoms with E-state index < -0.39 is 11.5 Å². The molecule has 7 heteroatoms. The molecule has 0 aromatic heterocycles. The van der Waals surface area contributed by atoms with Crippen LogP contribution in [0.25, 0.3) is 0 Å². The Kier molecular flexibility index (Phi) is 5.53. The third kappa shape index (κ3) is 3.70. The Morgan fingerprint density at radius 1 is 1.22 bits per heavy atom. The highest BCUT2D eigenvalue weighted by Crippen LogP contribution is 2.34. The topological polar surface area (TPSA) is 59.0 Å². The minimum Gasteiger partial charge on any atom is -0.463 e. The predicted octanol–water partition coefficient (Wildman–Crippen LogP) is 3.69. The Morgan fingerprint density at radius 3 is 2.56 bits per heavy atom. The van der Waals surface area contributed by atoms with Crippen LogP contribution in [0.5, 0.6) is 0 Å². The lowest BCUT2D eigenvalue weighted by Gasteiger charge is -2.29. The van der Waals surface area contributed by atoms with E-state index in [0.717, 1.165) is 5.56 Å². The van der Waals surface area contributed by atoms with Crippen LogP contribution in [-0.4, -0.2) is 42.7 Å². The standard InChI is InChI=1S/C20H18Cl2N2O3/c1-13(25)27-12-20(11-21)19(26)24(2)17-9-8-15(22)10-16(17)18(23-20)14-6-4-3-5-7-14/h3-10H,11-12H2,1-2H3/t20-/m0/s1. The first kappa shape index (κ1) is 19.4. The minimum absolute atomic E-state index is 0.137. The number of aliphatic imine (C=N–C) groups is 1. The van der Waals surface area contributed by atoms with Crippen molar-refractivity contribution in [1.82, 2.24) is 0 Å². The van der Waals surface area contributed by atoms with E-state index >= 15 is 0 Å². The molecule has 0 aliphatic carbocycles. The molecule has 3 rings (SSSR count). The first-order valence-corrected chi connectivity index (χ1v) is 9.22. The summed E-state index contributed by atoms with van der Waals surface area (Å²) in [5.41, 5.74) is 1.31. The fourth-order valence-electron chi connectivity index (χ4n) is 2.99. The number of esters is 1. The van der Waals surface area contributed by atoms with Gasteiger partial charge in [-0.25, -0.2) is 0 Å². The highest BCUT2D eigenvalue weighted by atomic mass is 35.5. The van der Waals surface area contributed by atoms with Crippen LogP contribution >= 0.6 is 23.2 Å². The molecule has 0 spiro atoms. The molecule has 1 amide bonds. The monoisotopic (exact) mass is 404 g/mol. The summed E-state index contributed by atoms with van der Waals surface area (Å²) in [6, 6.07) is 14.7. The van der Waals surface area contributed by atoms with Gasteiger partial charge in [-0.3, -0.25) is 14.6 Å². The zero-order valence-electron chi connectivity index (χ0n) is 14.9. The second-order valence-electron chi connectivity index (χ2n) is 6.30. The number of carbonyl (C=O) groups excluding carboxylic acids is 2. The van der Waals surface area contributed by atoms with Gasteiger partial charge in [0.1, 0.15) is 6.61 Å². The lowest BCUT2D eigenvalue weighted by Crippen LogP contribution is -2.51. The Bertz CT molecular complexity index is 915. The van der Waals surface area contributed by atoms with Crippen molar-refractivity contribution in [2.45, 2.75) is 12.5 Å². The molecule has 0 bridgehead atoms. The van der Waals surface area contributed by atoms with Crippen LogP contribution in [-0.2, 0) is 14.3 Å². The quantitative estimate of drug-likeness (QED) is 0.576. The number of amides is 1. The lowest BCUT2D eigenvalue weighted by atomic mass is 9.99. The fourth-order valence-corrected chi connectivity index (χ4v) is 3.41. The molecule has 0 saturated carbocycles. The molecule has 1 heterocycles. The number of rotatable bonds is 4. The SMILES string of the molecule is CC(=O)OC[C@]1(CCl)N=C(c2ccccc2)c2cc(Cl)ccc2N(C)C1=O. The number of nitrogens with zero attached hydrogens (tertiary/aromatic N) is 2. The summed E-state index contributed by atoms with van der Waals surface area (Å²) in [5.74, 6) is -0.994. The first-order valence-electron chi connectivity index (χ1n) is 8.30. The minimum atomic E-state index is -1.43. The van der Waals surface area contributed by atoms with Gasteiger partial charge >= 0.3 is 5.97 Å². The second kappa shape index (κ2) is 7.71. The van der Waals surface area contributed by atoms with Crippen molar-refractivity contribution < 1.29 is 14.3 Å². The fraction of sp³-hybridized carbons (Fsp3) is 0.250. The van der Waals surface area contributed by atoms with Crippen molar-refractivity contribution >= 4 is 46.5 Å². The molecule has 2 aromatic rings. The van der Waals surface area contributed by atoms with Gasteiger partial charge in [-0.05, 0) is 18.2 Å². The summed E-state index contributed by atoms with van der Waals surface area (Å²) < 4.78 is 5.15. The molecule has 0 radical (unpaired) electrons. The van der Waals surface area contributed by atoms with Crippen LogP contribution in [0.1, 0.15) is 18.1 Å². The average molecular weight is 405 g/mol. The van der Waals surface area contributed by atoms with Crippen LogP contribution in [0.2, 0.25) is 5.02 Å². The van der Waals surface area contributed by atoms with Gasteiger partial charge in [0.2, 0.25) is 0 Å². The molecule has 1 aliphatic heterocycles. The van der Waals surface area contributed by atoms with E-state index in [2.05, 4.69) is 0 Å². The second-order valence-corrected chi connectivity index (χ2v) is 7.00. The number of anilines is 1. The van der Waals surface area contributed by atoms with Crippen LogP contribution in [0.3, 0.4) is 0 Å². The summed E-state index contributed by atoms with van der Waals surface area (Å²) in [6.07, 6.45) is 0. The van der Waals surface area contributed by atoms with Crippen molar-refractivity contribution in [3.8, 4) is 0 Å². The van der Waals surface area contributed by atoms with Crippen LogP contribution in [0.15, 0.2) is 53.5 Å². The van der Waals surface area contributed by atoms with Crippen LogP contribution in [0, 0.1) is 0 Å². The van der Waals surface area contributed by atoms with Gasteiger partial charge in [0.15, 0.2) is 5.54 Å². The lowest BCUT2D eigenvalue weighted by molar-refractivity contribution is -0.144. The Balaban J connectivity index is 2.28. The van der Waals surface area contributed by atoms with Crippen LogP contribution in [0.4, 0.5) is 5.69 Å². The number of hydrogen-bond donors (Lipinski definition) is 0. The number of ether oxygens (including phenoxy) is 1. The molecule has 27 heavy (non-hydrogen) atoms. The van der Waals surface area contributed by atoms with Gasteiger partial charge in [0.25, 0.3) is 5.91 Å². The van der Waals surface area contributed by atoms with Crippen LogP contribution < -0.4 is 4.90 Å². The molecule has 1 aliphatic rings. The van der Waals surface area contributed by atoms with Gasteiger partial charge in [-0.2, -0.15) is 0 Å². The van der Waals surface area contributed by atoms with Crippen molar-refractivity contribution in [2.75, 3.05) is 24.4 Å². The molecule has 2 aromatic carbocycles. The maximum absolute atomic E-state index is 13.2. The normalized spacial score (nSPS) is 19.2. The van der Waals surface area contributed by atoms with Gasteiger partial charge < -0.3 is 9.64 Å². The summed E-state index contributed by atoms with van der Waals surface area (Å²) in [7, 11) is 1.65.